The highest BCUT2D eigenvalue weighted by Crippen LogP contribution is 2.30. The fourth-order valence-electron chi connectivity index (χ4n) is 2.19. The molecule has 0 N–H and O–H groups in total. The fourth-order valence-corrected chi connectivity index (χ4v) is 2.19. The van der Waals surface area contributed by atoms with Crippen molar-refractivity contribution in [2.75, 3.05) is 0 Å². The predicted octanol–water partition coefficient (Wildman–Crippen LogP) is 1.67. The molecule has 2 rings (SSSR count). The van der Waals surface area contributed by atoms with Gasteiger partial charge in [-0.05, 0) is 27.7 Å². The zero-order chi connectivity index (χ0) is 12.7. The van der Waals surface area contributed by atoms with Crippen LogP contribution in [0, 0.1) is 13.8 Å². The van der Waals surface area contributed by atoms with Gasteiger partial charge in [-0.15, -0.1) is 0 Å². The Hall–Kier alpha value is -1.91. The lowest BCUT2D eigenvalue weighted by molar-refractivity contribution is -0.139. The van der Waals surface area contributed by atoms with Crippen molar-refractivity contribution in [3.8, 4) is 0 Å². The average Bonchev–Trinajstić information content (AvgIpc) is 2.69. The van der Waals surface area contributed by atoms with Crippen molar-refractivity contribution in [2.24, 2.45) is 0 Å². The quantitative estimate of drug-likeness (QED) is 0.730. The molecule has 1 aromatic heterocycles. The normalized spacial score (nSPS) is 17.6. The van der Waals surface area contributed by atoms with Crippen LogP contribution in [0.15, 0.2) is 16.2 Å². The van der Waals surface area contributed by atoms with Crippen LogP contribution in [0.25, 0.3) is 0 Å². The molecule has 17 heavy (non-hydrogen) atoms. The van der Waals surface area contributed by atoms with Crippen LogP contribution in [0.4, 0.5) is 0 Å². The van der Waals surface area contributed by atoms with Crippen LogP contribution >= 0.6 is 0 Å². The molecule has 0 saturated carbocycles. The number of nitrogens with zero attached hydrogens (tertiary/aromatic N) is 2. The molecule has 2 amide bonds. The van der Waals surface area contributed by atoms with Crippen molar-refractivity contribution in [1.82, 2.24) is 10.1 Å². The summed E-state index contributed by atoms with van der Waals surface area (Å²) in [5.41, 5.74) is 1.98. The number of carbonyl (C=O) groups is 2. The van der Waals surface area contributed by atoms with Gasteiger partial charge in [-0.3, -0.25) is 14.5 Å². The molecule has 5 nitrogen and oxygen atoms in total. The van der Waals surface area contributed by atoms with Crippen molar-refractivity contribution in [1.29, 1.82) is 0 Å². The lowest BCUT2D eigenvalue weighted by Gasteiger charge is -2.22. The second-order valence-electron chi connectivity index (χ2n) is 4.25. The van der Waals surface area contributed by atoms with Gasteiger partial charge in [0.05, 0.1) is 11.7 Å². The van der Waals surface area contributed by atoms with Gasteiger partial charge < -0.3 is 4.52 Å². The van der Waals surface area contributed by atoms with Crippen molar-refractivity contribution >= 4 is 11.8 Å². The Bertz CT molecular complexity index is 508. The van der Waals surface area contributed by atoms with E-state index >= 15 is 0 Å². The number of hydrogen-bond acceptors (Lipinski definition) is 4. The minimum Gasteiger partial charge on any atom is -0.361 e. The van der Waals surface area contributed by atoms with E-state index in [1.807, 2.05) is 0 Å². The molecule has 0 spiro atoms. The van der Waals surface area contributed by atoms with E-state index in [1.165, 1.54) is 11.0 Å². The summed E-state index contributed by atoms with van der Waals surface area (Å²) in [4.78, 5) is 24.8. The van der Waals surface area contributed by atoms with Crippen molar-refractivity contribution in [3.05, 3.63) is 28.7 Å². The summed E-state index contributed by atoms with van der Waals surface area (Å²) in [6.45, 7) is 7.01. The Morgan fingerprint density at radius 1 is 1.29 bits per heavy atom. The number of hydrogen-bond donors (Lipinski definition) is 0. The summed E-state index contributed by atoms with van der Waals surface area (Å²) in [7, 11) is 0. The molecule has 2 heterocycles. The van der Waals surface area contributed by atoms with Gasteiger partial charge in [0.25, 0.3) is 11.8 Å². The first-order chi connectivity index (χ1) is 7.93. The van der Waals surface area contributed by atoms with E-state index < -0.39 is 0 Å². The maximum atomic E-state index is 11.9. The molecule has 1 atom stereocenters. The summed E-state index contributed by atoms with van der Waals surface area (Å²) in [6, 6.07) is -0.352. The van der Waals surface area contributed by atoms with Crippen LogP contribution in [0.2, 0.25) is 0 Å². The number of amides is 2. The van der Waals surface area contributed by atoms with Gasteiger partial charge in [-0.2, -0.15) is 0 Å². The molecular formula is C12H14N2O3. The monoisotopic (exact) mass is 234 g/mol. The Kier molecular flexibility index (Phi) is 2.61. The summed E-state index contributed by atoms with van der Waals surface area (Å²) in [6.07, 6.45) is 1.36. The Morgan fingerprint density at radius 2 is 1.94 bits per heavy atom. The molecule has 1 unspecified atom stereocenters. The SMILES string of the molecule is CC1=CC(=O)N(C(C)c2c(C)noc2C)C1=O. The van der Waals surface area contributed by atoms with E-state index in [0.717, 1.165) is 5.56 Å². The number of imide groups is 1. The van der Waals surface area contributed by atoms with Crippen LogP contribution in [0.3, 0.4) is 0 Å². The van der Waals surface area contributed by atoms with Gasteiger partial charge in [0, 0.05) is 17.2 Å². The summed E-state index contributed by atoms with van der Waals surface area (Å²) >= 11 is 0. The molecule has 1 aliphatic heterocycles. The summed E-state index contributed by atoms with van der Waals surface area (Å²) < 4.78 is 5.06. The lowest BCUT2D eigenvalue weighted by atomic mass is 10.1. The summed E-state index contributed by atoms with van der Waals surface area (Å²) in [5.74, 6) is 0.114. The highest BCUT2D eigenvalue weighted by atomic mass is 16.5. The predicted molar refractivity (Wildman–Crippen MR) is 60.0 cm³/mol. The molecule has 0 bridgehead atoms. The number of aryl methyl sites for hydroxylation is 2. The maximum Gasteiger partial charge on any atom is 0.257 e. The maximum absolute atomic E-state index is 11.9. The van der Waals surface area contributed by atoms with E-state index in [0.29, 0.717) is 17.0 Å². The first-order valence-corrected chi connectivity index (χ1v) is 5.42. The van der Waals surface area contributed by atoms with Crippen LogP contribution in [0.1, 0.15) is 36.9 Å². The van der Waals surface area contributed by atoms with Crippen LogP contribution < -0.4 is 0 Å². The minimum absolute atomic E-state index is 0.248. The van der Waals surface area contributed by atoms with Crippen molar-refractivity contribution in [3.63, 3.8) is 0 Å². The second kappa shape index (κ2) is 3.84. The molecule has 1 aliphatic rings. The first kappa shape index (κ1) is 11.6. The third-order valence-corrected chi connectivity index (χ3v) is 3.03. The number of aromatic nitrogens is 1. The third-order valence-electron chi connectivity index (χ3n) is 3.03. The largest absolute Gasteiger partial charge is 0.361 e. The topological polar surface area (TPSA) is 63.4 Å². The second-order valence-corrected chi connectivity index (χ2v) is 4.25. The molecule has 0 fully saturated rings. The Morgan fingerprint density at radius 3 is 2.35 bits per heavy atom. The lowest BCUT2D eigenvalue weighted by Crippen LogP contribution is -2.33. The van der Waals surface area contributed by atoms with Gasteiger partial charge in [0.1, 0.15) is 5.76 Å². The van der Waals surface area contributed by atoms with Crippen LogP contribution in [-0.2, 0) is 9.59 Å². The average molecular weight is 234 g/mol. The summed E-state index contributed by atoms with van der Waals surface area (Å²) in [5, 5.41) is 3.84. The van der Waals surface area contributed by atoms with Gasteiger partial charge in [0.15, 0.2) is 0 Å². The first-order valence-electron chi connectivity index (χ1n) is 5.42. The third kappa shape index (κ3) is 1.67. The van der Waals surface area contributed by atoms with Crippen LogP contribution in [-0.4, -0.2) is 21.9 Å². The molecule has 5 heteroatoms. The molecule has 0 aromatic carbocycles. The van der Waals surface area contributed by atoms with Gasteiger partial charge >= 0.3 is 0 Å². The molecule has 0 saturated heterocycles. The van der Waals surface area contributed by atoms with E-state index in [-0.39, 0.29) is 17.9 Å². The van der Waals surface area contributed by atoms with E-state index in [9.17, 15) is 9.59 Å². The van der Waals surface area contributed by atoms with E-state index in [2.05, 4.69) is 5.16 Å². The Labute approximate surface area is 99.1 Å². The molecule has 0 radical (unpaired) electrons. The highest BCUT2D eigenvalue weighted by molar-refractivity contribution is 6.16. The van der Waals surface area contributed by atoms with Crippen molar-refractivity contribution < 1.29 is 14.1 Å². The zero-order valence-corrected chi connectivity index (χ0v) is 10.3. The Balaban J connectivity index is 2.37. The minimum atomic E-state index is -0.352. The van der Waals surface area contributed by atoms with Crippen LogP contribution in [0.5, 0.6) is 0 Å². The standard InChI is InChI=1S/C12H14N2O3/c1-6-5-10(15)14(12(6)16)8(3)11-7(2)13-17-9(11)4/h5,8H,1-4H3. The molecule has 90 valence electrons. The van der Waals surface area contributed by atoms with E-state index in [1.54, 1.807) is 27.7 Å². The fraction of sp³-hybridized carbons (Fsp3) is 0.417. The number of rotatable bonds is 2. The van der Waals surface area contributed by atoms with E-state index in [4.69, 9.17) is 4.52 Å². The molecule has 1 aromatic rings. The van der Waals surface area contributed by atoms with Gasteiger partial charge in [-0.25, -0.2) is 0 Å². The number of carbonyl (C=O) groups excluding carboxylic acids is 2. The molecular weight excluding hydrogens is 220 g/mol. The molecule has 0 aliphatic carbocycles. The highest BCUT2D eigenvalue weighted by Gasteiger charge is 2.35. The zero-order valence-electron chi connectivity index (χ0n) is 10.3. The van der Waals surface area contributed by atoms with Gasteiger partial charge in [0.2, 0.25) is 0 Å². The van der Waals surface area contributed by atoms with Gasteiger partial charge in [-0.1, -0.05) is 5.16 Å². The van der Waals surface area contributed by atoms with Crippen molar-refractivity contribution in [2.45, 2.75) is 33.7 Å². The smallest absolute Gasteiger partial charge is 0.257 e.